The van der Waals surface area contributed by atoms with Gasteiger partial charge in [-0.15, -0.1) is 0 Å². The first-order valence-electron chi connectivity index (χ1n) is 8.19. The molecular formula is C16H27F3N2O2. The maximum absolute atomic E-state index is 12.5. The van der Waals surface area contributed by atoms with Gasteiger partial charge in [0.25, 0.3) is 0 Å². The van der Waals surface area contributed by atoms with Gasteiger partial charge in [-0.2, -0.15) is 13.2 Å². The second-order valence-corrected chi connectivity index (χ2v) is 8.15. The fraction of sp³-hybridized carbons (Fsp3) is 0.938. The molecule has 0 spiro atoms. The van der Waals surface area contributed by atoms with Crippen molar-refractivity contribution in [1.29, 1.82) is 0 Å². The van der Waals surface area contributed by atoms with Crippen LogP contribution in [0, 0.1) is 11.3 Å². The van der Waals surface area contributed by atoms with Crippen LogP contribution < -0.4 is 5.32 Å². The van der Waals surface area contributed by atoms with E-state index in [0.717, 1.165) is 17.7 Å². The molecule has 4 nitrogen and oxygen atoms in total. The minimum Gasteiger partial charge on any atom is -0.394 e. The van der Waals surface area contributed by atoms with Gasteiger partial charge in [0.2, 0.25) is 5.91 Å². The van der Waals surface area contributed by atoms with Gasteiger partial charge in [0.15, 0.2) is 0 Å². The lowest BCUT2D eigenvalue weighted by Gasteiger charge is -2.48. The summed E-state index contributed by atoms with van der Waals surface area (Å²) in [7, 11) is 0. The summed E-state index contributed by atoms with van der Waals surface area (Å²) in [6.45, 7) is 5.17. The van der Waals surface area contributed by atoms with Gasteiger partial charge in [-0.1, -0.05) is 20.8 Å². The average Bonchev–Trinajstić information content (AvgIpc) is 2.67. The number of alkyl halides is 3. The fourth-order valence-electron chi connectivity index (χ4n) is 4.63. The lowest BCUT2D eigenvalue weighted by molar-refractivity contribution is -0.158. The van der Waals surface area contributed by atoms with Gasteiger partial charge >= 0.3 is 6.18 Å². The summed E-state index contributed by atoms with van der Waals surface area (Å²) in [5, 5.41) is 13.1. The average molecular weight is 336 g/mol. The van der Waals surface area contributed by atoms with Crippen molar-refractivity contribution in [3.63, 3.8) is 0 Å². The molecule has 0 aromatic rings. The van der Waals surface area contributed by atoms with Crippen LogP contribution in [0.1, 0.15) is 46.5 Å². The number of nitrogens with zero attached hydrogens (tertiary/aromatic N) is 1. The predicted molar refractivity (Wildman–Crippen MR) is 80.8 cm³/mol. The molecule has 1 aliphatic heterocycles. The number of aliphatic hydroxyl groups is 1. The van der Waals surface area contributed by atoms with Crippen LogP contribution in [0.15, 0.2) is 0 Å². The zero-order chi connectivity index (χ0) is 17.5. The topological polar surface area (TPSA) is 52.6 Å². The van der Waals surface area contributed by atoms with Gasteiger partial charge in [0, 0.05) is 12.1 Å². The number of rotatable bonds is 4. The van der Waals surface area contributed by atoms with Crippen LogP contribution in [0.25, 0.3) is 0 Å². The molecule has 23 heavy (non-hydrogen) atoms. The largest absolute Gasteiger partial charge is 0.406 e. The van der Waals surface area contributed by atoms with Gasteiger partial charge in [-0.25, -0.2) is 0 Å². The van der Waals surface area contributed by atoms with Gasteiger partial charge in [0.05, 0.1) is 12.6 Å². The Labute approximate surface area is 135 Å². The van der Waals surface area contributed by atoms with Crippen molar-refractivity contribution in [2.45, 2.75) is 64.2 Å². The second-order valence-electron chi connectivity index (χ2n) is 8.15. The van der Waals surface area contributed by atoms with Crippen LogP contribution in [-0.2, 0) is 4.79 Å². The highest BCUT2D eigenvalue weighted by Crippen LogP contribution is 2.44. The van der Waals surface area contributed by atoms with E-state index in [1.54, 1.807) is 0 Å². The molecule has 3 unspecified atom stereocenters. The summed E-state index contributed by atoms with van der Waals surface area (Å²) in [5.41, 5.74) is -0.559. The summed E-state index contributed by atoms with van der Waals surface area (Å²) in [6, 6.07) is -0.634. The van der Waals surface area contributed by atoms with E-state index in [-0.39, 0.29) is 18.6 Å². The molecule has 1 heterocycles. The lowest BCUT2D eigenvalue weighted by Crippen LogP contribution is -2.59. The Bertz CT molecular complexity index is 453. The number of hydrogen-bond donors (Lipinski definition) is 2. The van der Waals surface area contributed by atoms with Crippen molar-refractivity contribution >= 4 is 5.91 Å². The zero-order valence-electron chi connectivity index (χ0n) is 14.0. The maximum Gasteiger partial charge on any atom is 0.406 e. The van der Waals surface area contributed by atoms with E-state index in [2.05, 4.69) is 26.1 Å². The zero-order valence-corrected chi connectivity index (χ0v) is 14.0. The third-order valence-electron chi connectivity index (χ3n) is 4.91. The van der Waals surface area contributed by atoms with E-state index < -0.39 is 30.2 Å². The molecule has 1 saturated carbocycles. The molecule has 2 aliphatic rings. The summed E-state index contributed by atoms with van der Waals surface area (Å²) >= 11 is 0. The van der Waals surface area contributed by atoms with Crippen LogP contribution in [0.2, 0.25) is 0 Å². The molecule has 2 rings (SSSR count). The Hall–Kier alpha value is -0.820. The quantitative estimate of drug-likeness (QED) is 0.828. The standard InChI is InChI=1S/C16H27F3N2O2/c1-11-6-14(2,3)8-15(7-11,10-22)20-12-4-5-21(13(12)23)9-16(17,18)19/h11-12,20,22H,4-10H2,1-3H3. The summed E-state index contributed by atoms with van der Waals surface area (Å²) in [5.74, 6) is -0.118. The van der Waals surface area contributed by atoms with Gasteiger partial charge in [-0.05, 0) is 37.0 Å². The highest BCUT2D eigenvalue weighted by molar-refractivity contribution is 5.84. The smallest absolute Gasteiger partial charge is 0.394 e. The molecule has 2 N–H and O–H groups in total. The molecule has 0 bridgehead atoms. The van der Waals surface area contributed by atoms with Crippen molar-refractivity contribution < 1.29 is 23.1 Å². The monoisotopic (exact) mass is 336 g/mol. The van der Waals surface area contributed by atoms with Gasteiger partial charge in [0.1, 0.15) is 6.54 Å². The van der Waals surface area contributed by atoms with Crippen LogP contribution in [0.3, 0.4) is 0 Å². The molecule has 7 heteroatoms. The second kappa shape index (κ2) is 6.24. The van der Waals surface area contributed by atoms with Crippen LogP contribution in [-0.4, -0.2) is 53.4 Å². The Morgan fingerprint density at radius 1 is 1.35 bits per heavy atom. The lowest BCUT2D eigenvalue weighted by atomic mass is 9.64. The van der Waals surface area contributed by atoms with E-state index in [1.165, 1.54) is 0 Å². The third kappa shape index (κ3) is 4.59. The molecule has 0 aromatic carbocycles. The van der Waals surface area contributed by atoms with Crippen LogP contribution >= 0.6 is 0 Å². The van der Waals surface area contributed by atoms with Crippen molar-refractivity contribution in [3.05, 3.63) is 0 Å². The van der Waals surface area contributed by atoms with Crippen molar-refractivity contribution in [1.82, 2.24) is 10.2 Å². The Kier molecular flexibility index (Phi) is 5.02. The van der Waals surface area contributed by atoms with E-state index >= 15 is 0 Å². The number of hydrogen-bond acceptors (Lipinski definition) is 3. The molecule has 0 radical (unpaired) electrons. The molecule has 134 valence electrons. The highest BCUT2D eigenvalue weighted by atomic mass is 19.4. The number of carbonyl (C=O) groups excluding carboxylic acids is 1. The van der Waals surface area contributed by atoms with E-state index in [1.807, 2.05) is 0 Å². The molecular weight excluding hydrogens is 309 g/mol. The van der Waals surface area contributed by atoms with Crippen LogP contribution in [0.5, 0.6) is 0 Å². The van der Waals surface area contributed by atoms with Crippen LogP contribution in [0.4, 0.5) is 13.2 Å². The van der Waals surface area contributed by atoms with E-state index in [0.29, 0.717) is 18.8 Å². The molecule has 1 amide bonds. The normalized spacial score (nSPS) is 34.9. The summed E-state index contributed by atoms with van der Waals surface area (Å²) in [6.07, 6.45) is -1.54. The van der Waals surface area contributed by atoms with E-state index in [9.17, 15) is 23.1 Å². The minimum atomic E-state index is -4.37. The first kappa shape index (κ1) is 18.5. The number of aliphatic hydroxyl groups excluding tert-OH is 1. The molecule has 1 saturated heterocycles. The third-order valence-corrected chi connectivity index (χ3v) is 4.91. The maximum atomic E-state index is 12.5. The number of halogens is 3. The number of nitrogens with one attached hydrogen (secondary N) is 1. The number of likely N-dealkylation sites (tertiary alicyclic amines) is 1. The SMILES string of the molecule is CC1CC(C)(C)CC(CO)(NC2CCN(CC(F)(F)F)C2=O)C1. The van der Waals surface area contributed by atoms with E-state index in [4.69, 9.17) is 0 Å². The Morgan fingerprint density at radius 2 is 2.00 bits per heavy atom. The Balaban J connectivity index is 2.06. The van der Waals surface area contributed by atoms with Crippen molar-refractivity contribution in [2.75, 3.05) is 19.7 Å². The van der Waals surface area contributed by atoms with Crippen molar-refractivity contribution in [3.8, 4) is 0 Å². The summed E-state index contributed by atoms with van der Waals surface area (Å²) in [4.78, 5) is 13.1. The molecule has 3 atom stereocenters. The molecule has 1 aliphatic carbocycles. The summed E-state index contributed by atoms with van der Waals surface area (Å²) < 4.78 is 37.5. The van der Waals surface area contributed by atoms with Gasteiger partial charge in [-0.3, -0.25) is 10.1 Å². The van der Waals surface area contributed by atoms with Crippen molar-refractivity contribution in [2.24, 2.45) is 11.3 Å². The highest BCUT2D eigenvalue weighted by Gasteiger charge is 2.47. The fourth-order valence-corrected chi connectivity index (χ4v) is 4.63. The Morgan fingerprint density at radius 3 is 2.52 bits per heavy atom. The molecule has 0 aromatic heterocycles. The van der Waals surface area contributed by atoms with Gasteiger partial charge < -0.3 is 10.0 Å². The first-order chi connectivity index (χ1) is 10.5. The number of amides is 1. The minimum absolute atomic E-state index is 0.0285. The molecule has 2 fully saturated rings. The number of carbonyl (C=O) groups is 1. The first-order valence-corrected chi connectivity index (χ1v) is 8.19. The predicted octanol–water partition coefficient (Wildman–Crippen LogP) is 2.32.